The molecule has 0 amide bonds. The Morgan fingerprint density at radius 1 is 1.19 bits per heavy atom. The van der Waals surface area contributed by atoms with Crippen molar-refractivity contribution in [3.8, 4) is 5.69 Å². The number of aryl methyl sites for hydroxylation is 2. The van der Waals surface area contributed by atoms with E-state index >= 15 is 0 Å². The number of nitrogens with zero attached hydrogens (tertiary/aromatic N) is 3. The van der Waals surface area contributed by atoms with Crippen LogP contribution >= 0.6 is 15.9 Å². The standard InChI is InChI=1S/C15H14BrFN4/c1-7-8(2)21(10-4-5-11(16)12(17)6-10)15-13(7)14(18)19-9(3)20-15/h4-6H,1-3H3,(H2,18,19,20). The minimum atomic E-state index is -0.315. The van der Waals surface area contributed by atoms with Gasteiger partial charge in [0.05, 0.1) is 15.5 Å². The molecule has 21 heavy (non-hydrogen) atoms. The Balaban J connectivity index is 2.42. The molecule has 0 bridgehead atoms. The summed E-state index contributed by atoms with van der Waals surface area (Å²) in [5.74, 6) is 0.732. The second-order valence-electron chi connectivity index (χ2n) is 5.00. The largest absolute Gasteiger partial charge is 0.383 e. The fourth-order valence-corrected chi connectivity index (χ4v) is 2.79. The average molecular weight is 349 g/mol. The van der Waals surface area contributed by atoms with E-state index in [1.54, 1.807) is 13.0 Å². The number of anilines is 1. The highest BCUT2D eigenvalue weighted by Gasteiger charge is 2.17. The third-order valence-corrected chi connectivity index (χ3v) is 4.30. The SMILES string of the molecule is Cc1nc(N)c2c(C)c(C)n(-c3ccc(Br)c(F)c3)c2n1. The molecular weight excluding hydrogens is 335 g/mol. The smallest absolute Gasteiger partial charge is 0.150 e. The molecule has 0 saturated heterocycles. The van der Waals surface area contributed by atoms with Crippen LogP contribution < -0.4 is 5.73 Å². The average Bonchev–Trinajstić information content (AvgIpc) is 2.65. The summed E-state index contributed by atoms with van der Waals surface area (Å²) >= 11 is 3.17. The van der Waals surface area contributed by atoms with Crippen molar-refractivity contribution in [2.75, 3.05) is 5.73 Å². The van der Waals surface area contributed by atoms with Crippen LogP contribution in [0.15, 0.2) is 22.7 Å². The van der Waals surface area contributed by atoms with Gasteiger partial charge in [-0.05, 0) is 60.5 Å². The van der Waals surface area contributed by atoms with Crippen LogP contribution in [-0.4, -0.2) is 14.5 Å². The summed E-state index contributed by atoms with van der Waals surface area (Å²) in [5.41, 5.74) is 9.42. The van der Waals surface area contributed by atoms with E-state index in [-0.39, 0.29) is 5.82 Å². The highest BCUT2D eigenvalue weighted by molar-refractivity contribution is 9.10. The number of hydrogen-bond acceptors (Lipinski definition) is 3. The van der Waals surface area contributed by atoms with Gasteiger partial charge in [0.1, 0.15) is 17.5 Å². The number of hydrogen-bond donors (Lipinski definition) is 1. The quantitative estimate of drug-likeness (QED) is 0.726. The van der Waals surface area contributed by atoms with Crippen LogP contribution in [0.25, 0.3) is 16.7 Å². The Kier molecular flexibility index (Phi) is 3.20. The third kappa shape index (κ3) is 2.10. The van der Waals surface area contributed by atoms with Gasteiger partial charge in [0.25, 0.3) is 0 Å². The van der Waals surface area contributed by atoms with Gasteiger partial charge in [0.15, 0.2) is 5.65 Å². The molecular formula is C15H14BrFN4. The molecule has 2 N–H and O–H groups in total. The number of nitrogens with two attached hydrogens (primary N) is 1. The van der Waals surface area contributed by atoms with Crippen molar-refractivity contribution in [3.05, 3.63) is 45.6 Å². The Morgan fingerprint density at radius 2 is 1.90 bits per heavy atom. The Hall–Kier alpha value is -1.95. The number of benzene rings is 1. The van der Waals surface area contributed by atoms with Gasteiger partial charge < -0.3 is 5.73 Å². The van der Waals surface area contributed by atoms with E-state index in [0.717, 1.165) is 16.6 Å². The number of nitrogen functional groups attached to an aromatic ring is 1. The molecule has 3 rings (SSSR count). The molecule has 4 nitrogen and oxygen atoms in total. The summed E-state index contributed by atoms with van der Waals surface area (Å²) in [5, 5.41) is 0.821. The van der Waals surface area contributed by atoms with Crippen LogP contribution in [0.4, 0.5) is 10.2 Å². The van der Waals surface area contributed by atoms with E-state index in [9.17, 15) is 4.39 Å². The van der Waals surface area contributed by atoms with Gasteiger partial charge in [-0.3, -0.25) is 4.57 Å². The molecule has 0 aliphatic rings. The molecule has 6 heteroatoms. The molecule has 3 aromatic rings. The van der Waals surface area contributed by atoms with E-state index in [4.69, 9.17) is 5.73 Å². The molecule has 0 aliphatic carbocycles. The van der Waals surface area contributed by atoms with E-state index < -0.39 is 0 Å². The van der Waals surface area contributed by atoms with E-state index in [1.807, 2.05) is 24.5 Å². The lowest BCUT2D eigenvalue weighted by atomic mass is 10.2. The zero-order valence-electron chi connectivity index (χ0n) is 11.9. The van der Waals surface area contributed by atoms with Gasteiger partial charge in [0.2, 0.25) is 0 Å². The predicted molar refractivity (Wildman–Crippen MR) is 85.1 cm³/mol. The maximum absolute atomic E-state index is 13.8. The Morgan fingerprint density at radius 3 is 2.57 bits per heavy atom. The molecule has 0 radical (unpaired) electrons. The summed E-state index contributed by atoms with van der Waals surface area (Å²) in [6.07, 6.45) is 0. The summed E-state index contributed by atoms with van der Waals surface area (Å²) in [6, 6.07) is 5.00. The lowest BCUT2D eigenvalue weighted by Gasteiger charge is -2.09. The van der Waals surface area contributed by atoms with Gasteiger partial charge >= 0.3 is 0 Å². The van der Waals surface area contributed by atoms with E-state index in [0.29, 0.717) is 27.4 Å². The van der Waals surface area contributed by atoms with Crippen LogP contribution in [0.3, 0.4) is 0 Å². The van der Waals surface area contributed by atoms with Crippen LogP contribution in [0.2, 0.25) is 0 Å². The summed E-state index contributed by atoms with van der Waals surface area (Å²) < 4.78 is 16.2. The molecule has 0 saturated carbocycles. The first-order valence-electron chi connectivity index (χ1n) is 6.47. The highest BCUT2D eigenvalue weighted by Crippen LogP contribution is 2.31. The number of fused-ring (bicyclic) bond motifs is 1. The number of rotatable bonds is 1. The van der Waals surface area contributed by atoms with Crippen molar-refractivity contribution in [3.63, 3.8) is 0 Å². The Labute approximate surface area is 129 Å². The van der Waals surface area contributed by atoms with Gasteiger partial charge in [0, 0.05) is 5.69 Å². The fraction of sp³-hybridized carbons (Fsp3) is 0.200. The zero-order valence-corrected chi connectivity index (χ0v) is 13.5. The molecule has 0 atom stereocenters. The van der Waals surface area contributed by atoms with Crippen LogP contribution in [0.5, 0.6) is 0 Å². The van der Waals surface area contributed by atoms with Crippen LogP contribution in [0, 0.1) is 26.6 Å². The van der Waals surface area contributed by atoms with Crippen molar-refractivity contribution < 1.29 is 4.39 Å². The maximum Gasteiger partial charge on any atom is 0.150 e. The molecule has 1 aromatic carbocycles. The van der Waals surface area contributed by atoms with Gasteiger partial charge in [-0.25, -0.2) is 14.4 Å². The van der Waals surface area contributed by atoms with Gasteiger partial charge in [-0.1, -0.05) is 0 Å². The molecule has 0 fully saturated rings. The number of aromatic nitrogens is 3. The second-order valence-corrected chi connectivity index (χ2v) is 5.85. The maximum atomic E-state index is 13.8. The molecule has 2 aromatic heterocycles. The highest BCUT2D eigenvalue weighted by atomic mass is 79.9. The molecule has 108 valence electrons. The second kappa shape index (κ2) is 4.80. The first-order valence-corrected chi connectivity index (χ1v) is 7.26. The van der Waals surface area contributed by atoms with Crippen LogP contribution in [0.1, 0.15) is 17.1 Å². The summed E-state index contributed by atoms with van der Waals surface area (Å²) in [6.45, 7) is 5.73. The van der Waals surface area contributed by atoms with Crippen LogP contribution in [-0.2, 0) is 0 Å². The van der Waals surface area contributed by atoms with E-state index in [2.05, 4.69) is 25.9 Å². The first-order chi connectivity index (χ1) is 9.90. The lowest BCUT2D eigenvalue weighted by molar-refractivity contribution is 0.620. The Bertz CT molecular complexity index is 870. The van der Waals surface area contributed by atoms with Crippen molar-refractivity contribution in [2.24, 2.45) is 0 Å². The van der Waals surface area contributed by atoms with E-state index in [1.165, 1.54) is 6.07 Å². The lowest BCUT2D eigenvalue weighted by Crippen LogP contribution is -2.02. The number of halogens is 2. The fourth-order valence-electron chi connectivity index (χ4n) is 2.55. The zero-order chi connectivity index (χ0) is 15.3. The molecule has 0 aliphatic heterocycles. The molecule has 0 spiro atoms. The summed E-state index contributed by atoms with van der Waals surface area (Å²) in [4.78, 5) is 8.70. The topological polar surface area (TPSA) is 56.7 Å². The monoisotopic (exact) mass is 348 g/mol. The molecule has 2 heterocycles. The third-order valence-electron chi connectivity index (χ3n) is 3.66. The van der Waals surface area contributed by atoms with Crippen molar-refractivity contribution in [1.82, 2.24) is 14.5 Å². The predicted octanol–water partition coefficient (Wildman–Crippen LogP) is 3.83. The molecule has 0 unspecified atom stereocenters. The normalized spacial score (nSPS) is 11.3. The van der Waals surface area contributed by atoms with Crippen molar-refractivity contribution in [1.29, 1.82) is 0 Å². The van der Waals surface area contributed by atoms with Crippen molar-refractivity contribution in [2.45, 2.75) is 20.8 Å². The minimum Gasteiger partial charge on any atom is -0.383 e. The van der Waals surface area contributed by atoms with Gasteiger partial charge in [-0.2, -0.15) is 0 Å². The summed E-state index contributed by atoms with van der Waals surface area (Å²) in [7, 11) is 0. The van der Waals surface area contributed by atoms with Crippen molar-refractivity contribution >= 4 is 32.8 Å². The van der Waals surface area contributed by atoms with Gasteiger partial charge in [-0.15, -0.1) is 0 Å². The first kappa shape index (κ1) is 14.0. The minimum absolute atomic E-state index is 0.315.